The van der Waals surface area contributed by atoms with Gasteiger partial charge in [-0.05, 0) is 68.1 Å². The number of carbonyl (C=O) groups excluding carboxylic acids is 2. The van der Waals surface area contributed by atoms with Crippen molar-refractivity contribution in [3.8, 4) is 5.75 Å². The third-order valence-corrected chi connectivity index (χ3v) is 6.01. The number of aromatic hydroxyl groups is 1. The topological polar surface area (TPSA) is 82.4 Å². The number of carbonyl (C=O) groups is 2. The Labute approximate surface area is 186 Å². The molecule has 1 amide bonds. The van der Waals surface area contributed by atoms with Crippen LogP contribution in [0.3, 0.4) is 0 Å². The Hall–Kier alpha value is -3.26. The minimum atomic E-state index is -0.418. The van der Waals surface area contributed by atoms with Gasteiger partial charge in [-0.25, -0.2) is 9.79 Å². The minimum Gasteiger partial charge on any atom is -0.507 e. The summed E-state index contributed by atoms with van der Waals surface area (Å²) in [5.74, 6) is -0.488. The Kier molecular flexibility index (Phi) is 7.02. The molecular weight excluding hydrogens is 414 g/mol. The fourth-order valence-electron chi connectivity index (χ4n) is 3.13. The first-order valence-electron chi connectivity index (χ1n) is 9.90. The number of anilines is 1. The second-order valence-electron chi connectivity index (χ2n) is 6.82. The Morgan fingerprint density at radius 3 is 2.45 bits per heavy atom. The van der Waals surface area contributed by atoms with Gasteiger partial charge < -0.3 is 14.7 Å². The van der Waals surface area contributed by atoms with Crippen molar-refractivity contribution in [2.45, 2.75) is 13.8 Å². The molecule has 2 aromatic rings. The first-order valence-corrected chi connectivity index (χ1v) is 10.7. The molecule has 0 bridgehead atoms. The van der Waals surface area contributed by atoms with Crippen LogP contribution in [-0.2, 0) is 9.53 Å². The summed E-state index contributed by atoms with van der Waals surface area (Å²) in [4.78, 5) is 32.8. The van der Waals surface area contributed by atoms with Crippen LogP contribution >= 0.6 is 11.8 Å². The number of amidine groups is 1. The molecule has 3 rings (SSSR count). The number of phenols is 1. The van der Waals surface area contributed by atoms with Crippen molar-refractivity contribution in [1.29, 1.82) is 0 Å². The maximum absolute atomic E-state index is 12.7. The number of aliphatic imine (C=N–C) groups is 1. The van der Waals surface area contributed by atoms with Crippen LogP contribution in [-0.4, -0.2) is 54.3 Å². The quantitative estimate of drug-likeness (QED) is 0.535. The molecule has 1 aliphatic rings. The Balaban J connectivity index is 1.83. The standard InChI is InChI=1S/C23H25N3O4S/c1-5-26(6-2)18-12-9-16(19(27)14-18)13-20-21(28)25(3)23(31-20)24-17-10-7-15(8-11-17)22(29)30-4/h7-14,27H,5-6H2,1-4H3. The Bertz CT molecular complexity index is 1040. The smallest absolute Gasteiger partial charge is 0.337 e. The number of ether oxygens (including phenoxy) is 1. The lowest BCUT2D eigenvalue weighted by atomic mass is 10.1. The van der Waals surface area contributed by atoms with Crippen LogP contribution in [0.15, 0.2) is 52.4 Å². The number of amides is 1. The van der Waals surface area contributed by atoms with Crippen LogP contribution in [0.25, 0.3) is 6.08 Å². The molecule has 2 aromatic carbocycles. The molecule has 0 atom stereocenters. The summed E-state index contributed by atoms with van der Waals surface area (Å²) < 4.78 is 4.69. The van der Waals surface area contributed by atoms with Crippen molar-refractivity contribution >= 4 is 46.3 Å². The lowest BCUT2D eigenvalue weighted by molar-refractivity contribution is -0.121. The molecule has 1 aliphatic heterocycles. The van der Waals surface area contributed by atoms with Crippen LogP contribution in [0.1, 0.15) is 29.8 Å². The van der Waals surface area contributed by atoms with Gasteiger partial charge in [0.05, 0.1) is 23.3 Å². The van der Waals surface area contributed by atoms with Crippen molar-refractivity contribution in [3.63, 3.8) is 0 Å². The molecule has 0 aliphatic carbocycles. The van der Waals surface area contributed by atoms with Crippen molar-refractivity contribution in [2.75, 3.05) is 32.1 Å². The molecule has 7 nitrogen and oxygen atoms in total. The summed E-state index contributed by atoms with van der Waals surface area (Å²) in [6.45, 7) is 5.81. The van der Waals surface area contributed by atoms with Crippen molar-refractivity contribution < 1.29 is 19.4 Å². The average Bonchev–Trinajstić information content (AvgIpc) is 3.04. The van der Waals surface area contributed by atoms with Gasteiger partial charge in [0.2, 0.25) is 0 Å². The van der Waals surface area contributed by atoms with E-state index in [9.17, 15) is 14.7 Å². The number of rotatable bonds is 6. The predicted octanol–water partition coefficient (Wildman–Crippen LogP) is 4.26. The van der Waals surface area contributed by atoms with Gasteiger partial charge >= 0.3 is 5.97 Å². The molecule has 31 heavy (non-hydrogen) atoms. The molecule has 162 valence electrons. The summed E-state index contributed by atoms with van der Waals surface area (Å²) in [5, 5.41) is 11.0. The number of thioether (sulfide) groups is 1. The second kappa shape index (κ2) is 9.70. The van der Waals surface area contributed by atoms with Gasteiger partial charge in [-0.15, -0.1) is 0 Å². The van der Waals surface area contributed by atoms with Crippen LogP contribution in [0.5, 0.6) is 5.75 Å². The van der Waals surface area contributed by atoms with Gasteiger partial charge in [0.25, 0.3) is 5.91 Å². The number of hydrogen-bond donors (Lipinski definition) is 1. The molecule has 0 saturated carbocycles. The summed E-state index contributed by atoms with van der Waals surface area (Å²) in [7, 11) is 2.98. The van der Waals surface area contributed by atoms with Gasteiger partial charge in [0.15, 0.2) is 5.17 Å². The number of esters is 1. The van der Waals surface area contributed by atoms with E-state index < -0.39 is 5.97 Å². The number of likely N-dealkylation sites (N-methyl/N-ethyl adjacent to an activating group) is 1. The fourth-order valence-corrected chi connectivity index (χ4v) is 4.11. The first kappa shape index (κ1) is 22.4. The van der Waals surface area contributed by atoms with E-state index in [1.54, 1.807) is 43.5 Å². The van der Waals surface area contributed by atoms with Crippen LogP contribution < -0.4 is 4.90 Å². The van der Waals surface area contributed by atoms with E-state index in [0.717, 1.165) is 18.8 Å². The highest BCUT2D eigenvalue weighted by Gasteiger charge is 2.30. The number of methoxy groups -OCH3 is 1. The zero-order valence-electron chi connectivity index (χ0n) is 18.0. The minimum absolute atomic E-state index is 0.122. The number of hydrogen-bond acceptors (Lipinski definition) is 7. The van der Waals surface area contributed by atoms with E-state index in [-0.39, 0.29) is 11.7 Å². The molecule has 1 N–H and O–H groups in total. The normalized spacial score (nSPS) is 16.3. The summed E-state index contributed by atoms with van der Waals surface area (Å²) in [5.41, 5.74) is 2.55. The van der Waals surface area contributed by atoms with E-state index >= 15 is 0 Å². The second-order valence-corrected chi connectivity index (χ2v) is 7.83. The molecule has 0 spiro atoms. The number of nitrogens with zero attached hydrogens (tertiary/aromatic N) is 3. The third-order valence-electron chi connectivity index (χ3n) is 4.95. The average molecular weight is 440 g/mol. The van der Waals surface area contributed by atoms with E-state index in [0.29, 0.717) is 26.9 Å². The van der Waals surface area contributed by atoms with E-state index in [4.69, 9.17) is 4.74 Å². The lowest BCUT2D eigenvalue weighted by Crippen LogP contribution is -2.23. The van der Waals surface area contributed by atoms with Crippen LogP contribution in [0.2, 0.25) is 0 Å². The van der Waals surface area contributed by atoms with E-state index in [2.05, 4.69) is 23.7 Å². The lowest BCUT2D eigenvalue weighted by Gasteiger charge is -2.21. The van der Waals surface area contributed by atoms with Crippen molar-refractivity contribution in [2.24, 2.45) is 4.99 Å². The first-order chi connectivity index (χ1) is 14.9. The fraction of sp³-hybridized carbons (Fsp3) is 0.261. The molecule has 0 unspecified atom stereocenters. The molecule has 0 aromatic heterocycles. The SMILES string of the molecule is CCN(CC)c1ccc(C=C2SC(=Nc3ccc(C(=O)OC)cc3)N(C)C2=O)c(O)c1. The molecular formula is C23H25N3O4S. The monoisotopic (exact) mass is 439 g/mol. The summed E-state index contributed by atoms with van der Waals surface area (Å²) in [6, 6.07) is 12.1. The van der Waals surface area contributed by atoms with Crippen LogP contribution in [0.4, 0.5) is 11.4 Å². The highest BCUT2D eigenvalue weighted by molar-refractivity contribution is 8.18. The largest absolute Gasteiger partial charge is 0.507 e. The van der Waals surface area contributed by atoms with Crippen molar-refractivity contribution in [1.82, 2.24) is 4.90 Å². The zero-order chi connectivity index (χ0) is 22.5. The molecule has 1 saturated heterocycles. The van der Waals surface area contributed by atoms with E-state index in [1.165, 1.54) is 23.8 Å². The maximum atomic E-state index is 12.7. The number of phenolic OH excluding ortho intramolecular Hbond substituents is 1. The van der Waals surface area contributed by atoms with Gasteiger partial charge in [-0.2, -0.15) is 0 Å². The van der Waals surface area contributed by atoms with Crippen LogP contribution in [0, 0.1) is 0 Å². The Morgan fingerprint density at radius 1 is 1.19 bits per heavy atom. The summed E-state index contributed by atoms with van der Waals surface area (Å²) >= 11 is 1.23. The van der Waals surface area contributed by atoms with Gasteiger partial charge in [0.1, 0.15) is 5.75 Å². The van der Waals surface area contributed by atoms with Gasteiger partial charge in [-0.1, -0.05) is 0 Å². The highest BCUT2D eigenvalue weighted by atomic mass is 32.2. The molecule has 1 fully saturated rings. The maximum Gasteiger partial charge on any atom is 0.337 e. The van der Waals surface area contributed by atoms with Crippen molar-refractivity contribution in [3.05, 3.63) is 58.5 Å². The molecule has 0 radical (unpaired) electrons. The zero-order valence-corrected chi connectivity index (χ0v) is 18.8. The Morgan fingerprint density at radius 2 is 1.87 bits per heavy atom. The van der Waals surface area contributed by atoms with Gasteiger partial charge in [-0.3, -0.25) is 9.69 Å². The predicted molar refractivity (Wildman–Crippen MR) is 125 cm³/mol. The van der Waals surface area contributed by atoms with Gasteiger partial charge in [0, 0.05) is 37.5 Å². The van der Waals surface area contributed by atoms with E-state index in [1.807, 2.05) is 12.1 Å². The molecule has 1 heterocycles. The highest BCUT2D eigenvalue weighted by Crippen LogP contribution is 2.35. The molecule has 8 heteroatoms. The third kappa shape index (κ3) is 4.91. The summed E-state index contributed by atoms with van der Waals surface area (Å²) in [6.07, 6.45) is 1.67. The number of benzene rings is 2.